The lowest BCUT2D eigenvalue weighted by Crippen LogP contribution is -2.34. The molecule has 1 rings (SSSR count). The first-order valence-corrected chi connectivity index (χ1v) is 7.42. The second-order valence-corrected chi connectivity index (χ2v) is 7.96. The van der Waals surface area contributed by atoms with Gasteiger partial charge in [0.15, 0.2) is 0 Å². The lowest BCUT2D eigenvalue weighted by molar-refractivity contribution is 1.73. The fraction of sp³-hybridized carbons (Fsp3) is 0.250. The van der Waals surface area contributed by atoms with Gasteiger partial charge in [-0.05, 0) is 0 Å². The van der Waals surface area contributed by atoms with Crippen molar-refractivity contribution in [2.45, 2.75) is 0 Å². The number of hydrogen-bond donors (Lipinski definition) is 0. The Morgan fingerprint density at radius 2 is 1.91 bits per heavy atom. The van der Waals surface area contributed by atoms with Crippen molar-refractivity contribution in [3.05, 3.63) is 30.3 Å². The molecule has 0 radical (unpaired) electrons. The molecular weight excluding hydrogens is 240 g/mol. The maximum Gasteiger partial charge on any atom is 0.0970 e. The van der Waals surface area contributed by atoms with Crippen molar-refractivity contribution in [2.24, 2.45) is 0 Å². The van der Waals surface area contributed by atoms with Gasteiger partial charge in [-0.25, -0.2) is 0 Å². The van der Waals surface area contributed by atoms with Crippen LogP contribution in [0, 0.1) is 0 Å². The number of halogens is 2. The van der Waals surface area contributed by atoms with E-state index in [1.807, 2.05) is 6.07 Å². The molecule has 60 valence electrons. The highest BCUT2D eigenvalue weighted by Gasteiger charge is 2.08. The zero-order valence-corrected chi connectivity index (χ0v) is 9.63. The van der Waals surface area contributed by atoms with E-state index in [1.165, 1.54) is 5.19 Å². The Morgan fingerprint density at radius 3 is 2.36 bits per heavy atom. The maximum atomic E-state index is 5.83. The minimum Gasteiger partial charge on any atom is -0.130 e. The first kappa shape index (κ1) is 9.30. The Hall–Kier alpha value is 0.207. The van der Waals surface area contributed by atoms with Gasteiger partial charge in [0.25, 0.3) is 0 Å². The molecule has 0 aliphatic heterocycles. The zero-order valence-electron chi connectivity index (χ0n) is 6.13. The lowest BCUT2D eigenvalue weighted by atomic mass is 10.4. The largest absolute Gasteiger partial charge is 0.130 e. The summed E-state index contributed by atoms with van der Waals surface area (Å²) in [6, 6.07) is 10.5. The molecule has 3 heteroatoms. The summed E-state index contributed by atoms with van der Waals surface area (Å²) in [6.45, 7) is 0. The zero-order chi connectivity index (χ0) is 8.10. The fourth-order valence-electron chi connectivity index (χ4n) is 0.945. The highest BCUT2D eigenvalue weighted by Crippen LogP contribution is 1.95. The highest BCUT2D eigenvalue weighted by molar-refractivity contribution is 9.09. The molecule has 0 saturated carbocycles. The minimum absolute atomic E-state index is 0.815. The van der Waals surface area contributed by atoms with E-state index in [4.69, 9.17) is 11.6 Å². The van der Waals surface area contributed by atoms with Crippen LogP contribution in [0.1, 0.15) is 0 Å². The summed E-state index contributed by atoms with van der Waals surface area (Å²) >= 11 is 9.32. The van der Waals surface area contributed by atoms with Crippen molar-refractivity contribution in [2.75, 3.05) is 10.5 Å². The van der Waals surface area contributed by atoms with Gasteiger partial charge in [0, 0.05) is 10.5 Å². The third kappa shape index (κ3) is 2.62. The Morgan fingerprint density at radius 1 is 1.27 bits per heavy atom. The summed E-state index contributed by atoms with van der Waals surface area (Å²) in [5, 5.41) is 1.44. The molecule has 0 saturated heterocycles. The summed E-state index contributed by atoms with van der Waals surface area (Å²) in [5.41, 5.74) is 0.815. The molecule has 0 aromatic heterocycles. The average molecular weight is 250 g/mol. The van der Waals surface area contributed by atoms with Crippen molar-refractivity contribution in [1.29, 1.82) is 0 Å². The number of alkyl halides is 2. The van der Waals surface area contributed by atoms with Gasteiger partial charge in [-0.1, -0.05) is 51.4 Å². The lowest BCUT2D eigenvalue weighted by Gasteiger charge is -2.07. The predicted molar refractivity (Wildman–Crippen MR) is 57.7 cm³/mol. The third-order valence-corrected chi connectivity index (χ3v) is 7.18. The van der Waals surface area contributed by atoms with Gasteiger partial charge in [0.05, 0.1) is 8.80 Å². The van der Waals surface area contributed by atoms with Crippen LogP contribution in [-0.4, -0.2) is 19.3 Å². The molecule has 11 heavy (non-hydrogen) atoms. The van der Waals surface area contributed by atoms with E-state index < -0.39 is 8.80 Å². The Labute approximate surface area is 82.3 Å². The summed E-state index contributed by atoms with van der Waals surface area (Å²) in [5.74, 6) is 0. The quantitative estimate of drug-likeness (QED) is 0.566. The standard InChI is InChI=1S/C8H10BrClSi/c9-6-11(7-10)8-4-2-1-3-5-8/h1-5,11H,6-7H2. The molecule has 1 aromatic carbocycles. The van der Waals surface area contributed by atoms with Gasteiger partial charge in [0.1, 0.15) is 0 Å². The monoisotopic (exact) mass is 248 g/mol. The second-order valence-electron chi connectivity index (χ2n) is 2.42. The predicted octanol–water partition coefficient (Wildman–Crippen LogP) is 1.83. The molecule has 1 atom stereocenters. The molecule has 0 amide bonds. The van der Waals surface area contributed by atoms with Gasteiger partial charge in [-0.3, -0.25) is 0 Å². The number of benzene rings is 1. The van der Waals surface area contributed by atoms with Crippen LogP contribution in [0.4, 0.5) is 0 Å². The molecule has 0 spiro atoms. The summed E-state index contributed by atoms with van der Waals surface area (Å²) < 4.78 is 0. The van der Waals surface area contributed by atoms with Crippen LogP contribution in [0.5, 0.6) is 0 Å². The number of hydrogen-bond acceptors (Lipinski definition) is 0. The Balaban J connectivity index is 2.74. The Bertz CT molecular complexity index is 199. The molecular formula is C8H10BrClSi. The molecule has 0 nitrogen and oxygen atoms in total. The first-order chi connectivity index (χ1) is 5.38. The summed E-state index contributed by atoms with van der Waals surface area (Å²) in [4.78, 5) is 1.07. The second kappa shape index (κ2) is 4.96. The van der Waals surface area contributed by atoms with Crippen LogP contribution in [0.25, 0.3) is 0 Å². The third-order valence-electron chi connectivity index (χ3n) is 1.64. The molecule has 1 aromatic rings. The van der Waals surface area contributed by atoms with E-state index in [0.29, 0.717) is 0 Å². The van der Waals surface area contributed by atoms with Gasteiger partial charge in [-0.15, -0.1) is 11.6 Å². The van der Waals surface area contributed by atoms with Crippen molar-refractivity contribution in [1.82, 2.24) is 0 Å². The van der Waals surface area contributed by atoms with Crippen LogP contribution < -0.4 is 5.19 Å². The SMILES string of the molecule is ClC[SiH](CBr)c1ccccc1. The molecule has 0 aliphatic carbocycles. The Kier molecular flexibility index (Phi) is 4.19. The van der Waals surface area contributed by atoms with Crippen molar-refractivity contribution >= 4 is 41.5 Å². The molecule has 0 aliphatic rings. The van der Waals surface area contributed by atoms with E-state index in [9.17, 15) is 0 Å². The van der Waals surface area contributed by atoms with Gasteiger partial charge >= 0.3 is 0 Å². The topological polar surface area (TPSA) is 0 Å². The van der Waals surface area contributed by atoms with Crippen molar-refractivity contribution < 1.29 is 0 Å². The van der Waals surface area contributed by atoms with E-state index in [2.05, 4.69) is 40.2 Å². The van der Waals surface area contributed by atoms with Gasteiger partial charge < -0.3 is 0 Å². The molecule has 1 unspecified atom stereocenters. The van der Waals surface area contributed by atoms with Gasteiger partial charge in [-0.2, -0.15) is 0 Å². The fourth-order valence-corrected chi connectivity index (χ4v) is 5.61. The van der Waals surface area contributed by atoms with Crippen LogP contribution >= 0.6 is 27.5 Å². The summed E-state index contributed by atoms with van der Waals surface area (Å²) in [7, 11) is -0.868. The smallest absolute Gasteiger partial charge is 0.0970 e. The van der Waals surface area contributed by atoms with Crippen LogP contribution in [0.3, 0.4) is 0 Å². The van der Waals surface area contributed by atoms with E-state index in [0.717, 1.165) is 10.5 Å². The van der Waals surface area contributed by atoms with Crippen LogP contribution in [-0.2, 0) is 0 Å². The molecule has 0 bridgehead atoms. The minimum atomic E-state index is -0.868. The molecule has 0 fully saturated rings. The summed E-state index contributed by atoms with van der Waals surface area (Å²) in [6.07, 6.45) is 0. The van der Waals surface area contributed by atoms with Crippen molar-refractivity contribution in [3.63, 3.8) is 0 Å². The van der Waals surface area contributed by atoms with E-state index in [-0.39, 0.29) is 0 Å². The molecule has 0 N–H and O–H groups in total. The molecule has 0 heterocycles. The van der Waals surface area contributed by atoms with Crippen LogP contribution in [0.15, 0.2) is 30.3 Å². The first-order valence-electron chi connectivity index (χ1n) is 3.55. The van der Waals surface area contributed by atoms with E-state index >= 15 is 0 Å². The van der Waals surface area contributed by atoms with E-state index in [1.54, 1.807) is 0 Å². The number of rotatable bonds is 3. The normalized spacial score (nSPS) is 12.9. The van der Waals surface area contributed by atoms with Crippen molar-refractivity contribution in [3.8, 4) is 0 Å². The maximum absolute atomic E-state index is 5.83. The highest BCUT2D eigenvalue weighted by atomic mass is 79.9. The van der Waals surface area contributed by atoms with Gasteiger partial charge in [0.2, 0.25) is 0 Å². The van der Waals surface area contributed by atoms with Crippen LogP contribution in [0.2, 0.25) is 0 Å². The average Bonchev–Trinajstić information content (AvgIpc) is 2.09.